The maximum absolute atomic E-state index is 10.9. The predicted octanol–water partition coefficient (Wildman–Crippen LogP) is 2.49. The molecular weight excluding hydrogens is 256 g/mol. The molecule has 0 spiro atoms. The lowest BCUT2D eigenvalue weighted by atomic mass is 10.2. The lowest BCUT2D eigenvalue weighted by Crippen LogP contribution is -2.17. The van der Waals surface area contributed by atoms with Crippen LogP contribution in [-0.4, -0.2) is 14.7 Å². The summed E-state index contributed by atoms with van der Waals surface area (Å²) in [4.78, 5) is 10.6. The van der Waals surface area contributed by atoms with Crippen LogP contribution in [-0.2, 0) is 19.6 Å². The van der Waals surface area contributed by atoms with Crippen molar-refractivity contribution in [2.24, 2.45) is 0 Å². The van der Waals surface area contributed by atoms with Gasteiger partial charge in [0.15, 0.2) is 0 Å². The van der Waals surface area contributed by atoms with Crippen molar-refractivity contribution in [1.29, 1.82) is 0 Å². The average Bonchev–Trinajstić information content (AvgIpc) is 2.87. The maximum Gasteiger partial charge on any atom is 0.273 e. The fraction of sp³-hybridized carbons (Fsp3) is 0.357. The van der Waals surface area contributed by atoms with E-state index in [4.69, 9.17) is 0 Å². The SMILES string of the molecule is CCCn1nccc1CNCc1ccccc1[N+](=O)[O-]. The molecule has 0 saturated heterocycles. The minimum Gasteiger partial charge on any atom is -0.307 e. The van der Waals surface area contributed by atoms with Gasteiger partial charge in [-0.15, -0.1) is 0 Å². The molecule has 2 rings (SSSR count). The van der Waals surface area contributed by atoms with Crippen LogP contribution in [0.3, 0.4) is 0 Å². The summed E-state index contributed by atoms with van der Waals surface area (Å²) < 4.78 is 1.95. The molecule has 0 aliphatic rings. The maximum atomic E-state index is 10.9. The summed E-state index contributed by atoms with van der Waals surface area (Å²) in [5.74, 6) is 0. The van der Waals surface area contributed by atoms with E-state index in [0.29, 0.717) is 18.7 Å². The van der Waals surface area contributed by atoms with Crippen molar-refractivity contribution >= 4 is 5.69 Å². The Morgan fingerprint density at radius 2 is 2.10 bits per heavy atom. The standard InChI is InChI=1S/C14H18N4O2/c1-2-9-17-13(7-8-16-17)11-15-10-12-5-3-4-6-14(12)18(19)20/h3-8,15H,2,9-11H2,1H3. The number of hydrogen-bond acceptors (Lipinski definition) is 4. The first-order valence-electron chi connectivity index (χ1n) is 6.66. The third-order valence-electron chi connectivity index (χ3n) is 3.05. The summed E-state index contributed by atoms with van der Waals surface area (Å²) in [6.45, 7) is 4.10. The number of aromatic nitrogens is 2. The van der Waals surface area contributed by atoms with Crippen LogP contribution in [0.1, 0.15) is 24.6 Å². The van der Waals surface area contributed by atoms with Gasteiger partial charge in [0.05, 0.1) is 10.6 Å². The number of aryl methyl sites for hydroxylation is 1. The molecule has 0 aliphatic heterocycles. The topological polar surface area (TPSA) is 73.0 Å². The van der Waals surface area contributed by atoms with Gasteiger partial charge in [-0.25, -0.2) is 0 Å². The van der Waals surface area contributed by atoms with E-state index in [1.807, 2.05) is 16.8 Å². The first-order chi connectivity index (χ1) is 9.72. The van der Waals surface area contributed by atoms with E-state index in [0.717, 1.165) is 18.7 Å². The number of nitrogens with zero attached hydrogens (tertiary/aromatic N) is 3. The van der Waals surface area contributed by atoms with E-state index >= 15 is 0 Å². The third kappa shape index (κ3) is 3.42. The van der Waals surface area contributed by atoms with Crippen LogP contribution in [0.4, 0.5) is 5.69 Å². The Kier molecular flexibility index (Phi) is 4.84. The first-order valence-corrected chi connectivity index (χ1v) is 6.66. The van der Waals surface area contributed by atoms with Crippen LogP contribution in [0.2, 0.25) is 0 Å². The fourth-order valence-corrected chi connectivity index (χ4v) is 2.09. The Hall–Kier alpha value is -2.21. The highest BCUT2D eigenvalue weighted by Gasteiger charge is 2.11. The lowest BCUT2D eigenvalue weighted by Gasteiger charge is -2.08. The van der Waals surface area contributed by atoms with Crippen LogP contribution in [0.5, 0.6) is 0 Å². The molecule has 2 aromatic rings. The number of rotatable bonds is 7. The van der Waals surface area contributed by atoms with Crippen molar-refractivity contribution in [2.75, 3.05) is 0 Å². The summed E-state index contributed by atoms with van der Waals surface area (Å²) in [7, 11) is 0. The number of hydrogen-bond donors (Lipinski definition) is 1. The van der Waals surface area contributed by atoms with E-state index in [9.17, 15) is 10.1 Å². The monoisotopic (exact) mass is 274 g/mol. The first kappa shape index (κ1) is 14.2. The van der Waals surface area contributed by atoms with Crippen molar-refractivity contribution in [3.05, 3.63) is 57.9 Å². The van der Waals surface area contributed by atoms with Crippen molar-refractivity contribution in [1.82, 2.24) is 15.1 Å². The molecular formula is C14H18N4O2. The number of nitro groups is 1. The molecule has 0 fully saturated rings. The van der Waals surface area contributed by atoms with Gasteiger partial charge in [-0.3, -0.25) is 14.8 Å². The van der Waals surface area contributed by atoms with Gasteiger partial charge in [0.2, 0.25) is 0 Å². The van der Waals surface area contributed by atoms with Crippen molar-refractivity contribution in [3.63, 3.8) is 0 Å². The quantitative estimate of drug-likeness (QED) is 0.622. The zero-order chi connectivity index (χ0) is 14.4. The van der Waals surface area contributed by atoms with Crippen molar-refractivity contribution in [2.45, 2.75) is 33.0 Å². The van der Waals surface area contributed by atoms with Gasteiger partial charge in [0.25, 0.3) is 5.69 Å². The van der Waals surface area contributed by atoms with Gasteiger partial charge in [-0.05, 0) is 12.5 Å². The molecule has 1 aromatic heterocycles. The van der Waals surface area contributed by atoms with Crippen LogP contribution < -0.4 is 5.32 Å². The highest BCUT2D eigenvalue weighted by atomic mass is 16.6. The minimum absolute atomic E-state index is 0.155. The molecule has 1 heterocycles. The summed E-state index contributed by atoms with van der Waals surface area (Å²) in [6.07, 6.45) is 2.80. The number of nitrogens with one attached hydrogen (secondary N) is 1. The molecule has 0 bridgehead atoms. The molecule has 0 radical (unpaired) electrons. The zero-order valence-corrected chi connectivity index (χ0v) is 11.5. The fourth-order valence-electron chi connectivity index (χ4n) is 2.09. The molecule has 1 N–H and O–H groups in total. The van der Waals surface area contributed by atoms with E-state index in [1.54, 1.807) is 18.3 Å². The minimum atomic E-state index is -0.349. The van der Waals surface area contributed by atoms with E-state index in [1.165, 1.54) is 6.07 Å². The van der Waals surface area contributed by atoms with Crippen LogP contribution in [0.15, 0.2) is 36.5 Å². The molecule has 0 amide bonds. The normalized spacial score (nSPS) is 10.7. The smallest absolute Gasteiger partial charge is 0.273 e. The Balaban J connectivity index is 1.96. The van der Waals surface area contributed by atoms with Gasteiger partial charge in [-0.1, -0.05) is 25.1 Å². The Morgan fingerprint density at radius 1 is 1.30 bits per heavy atom. The summed E-state index contributed by atoms with van der Waals surface area (Å²) in [5.41, 5.74) is 1.94. The molecule has 0 unspecified atom stereocenters. The zero-order valence-electron chi connectivity index (χ0n) is 11.5. The molecule has 0 saturated carbocycles. The highest BCUT2D eigenvalue weighted by Crippen LogP contribution is 2.17. The Bertz CT molecular complexity index is 580. The number of benzene rings is 1. The van der Waals surface area contributed by atoms with E-state index in [-0.39, 0.29) is 10.6 Å². The molecule has 0 atom stereocenters. The van der Waals surface area contributed by atoms with Gasteiger partial charge in [0, 0.05) is 37.5 Å². The number of nitro benzene ring substituents is 1. The molecule has 106 valence electrons. The second-order valence-electron chi connectivity index (χ2n) is 4.54. The second kappa shape index (κ2) is 6.81. The van der Waals surface area contributed by atoms with Crippen LogP contribution in [0, 0.1) is 10.1 Å². The highest BCUT2D eigenvalue weighted by molar-refractivity contribution is 5.39. The molecule has 20 heavy (non-hydrogen) atoms. The molecule has 0 aliphatic carbocycles. The third-order valence-corrected chi connectivity index (χ3v) is 3.05. The average molecular weight is 274 g/mol. The van der Waals surface area contributed by atoms with Gasteiger partial charge in [-0.2, -0.15) is 5.10 Å². The number of para-hydroxylation sites is 1. The Labute approximate surface area is 117 Å². The predicted molar refractivity (Wildman–Crippen MR) is 76.2 cm³/mol. The Morgan fingerprint density at radius 3 is 2.85 bits per heavy atom. The van der Waals surface area contributed by atoms with E-state index in [2.05, 4.69) is 17.3 Å². The van der Waals surface area contributed by atoms with Gasteiger partial charge >= 0.3 is 0 Å². The summed E-state index contributed by atoms with van der Waals surface area (Å²) in [5, 5.41) is 18.4. The summed E-state index contributed by atoms with van der Waals surface area (Å²) in [6, 6.07) is 8.75. The molecule has 1 aromatic carbocycles. The van der Waals surface area contributed by atoms with E-state index < -0.39 is 0 Å². The van der Waals surface area contributed by atoms with Crippen LogP contribution in [0.25, 0.3) is 0 Å². The van der Waals surface area contributed by atoms with Crippen LogP contribution >= 0.6 is 0 Å². The molecule has 6 heteroatoms. The largest absolute Gasteiger partial charge is 0.307 e. The molecule has 6 nitrogen and oxygen atoms in total. The summed E-state index contributed by atoms with van der Waals surface area (Å²) >= 11 is 0. The lowest BCUT2D eigenvalue weighted by molar-refractivity contribution is -0.385. The second-order valence-corrected chi connectivity index (χ2v) is 4.54. The van der Waals surface area contributed by atoms with Crippen molar-refractivity contribution < 1.29 is 4.92 Å². The van der Waals surface area contributed by atoms with Crippen molar-refractivity contribution in [3.8, 4) is 0 Å². The van der Waals surface area contributed by atoms with Gasteiger partial charge < -0.3 is 5.32 Å². The van der Waals surface area contributed by atoms with Gasteiger partial charge in [0.1, 0.15) is 0 Å².